The van der Waals surface area contributed by atoms with Gasteiger partial charge in [-0.15, -0.1) is 0 Å². The summed E-state index contributed by atoms with van der Waals surface area (Å²) < 4.78 is 23.2. The second-order valence-electron chi connectivity index (χ2n) is 8.88. The Hall–Kier alpha value is -2.61. The Balaban J connectivity index is 1.91. The molecule has 31 heavy (non-hydrogen) atoms. The molecule has 2 atom stereocenters. The summed E-state index contributed by atoms with van der Waals surface area (Å²) >= 11 is 0. The molecule has 4 rings (SSSR count). The Bertz CT molecular complexity index is 1080. The maximum atomic E-state index is 15.5. The zero-order valence-corrected chi connectivity index (χ0v) is 18.5. The number of hydrogen-bond acceptors (Lipinski definition) is 5. The molecule has 1 aliphatic heterocycles. The number of halogens is 1. The van der Waals surface area contributed by atoms with Gasteiger partial charge in [0.1, 0.15) is 11.3 Å². The van der Waals surface area contributed by atoms with Crippen LogP contribution in [-0.2, 0) is 0 Å². The molecule has 1 aromatic heterocycles. The topological polar surface area (TPSA) is 75.0 Å². The minimum Gasteiger partial charge on any atom is -0.489 e. The summed E-state index contributed by atoms with van der Waals surface area (Å²) in [5.74, 6) is -1.11. The fourth-order valence-corrected chi connectivity index (χ4v) is 4.62. The fourth-order valence-electron chi connectivity index (χ4n) is 4.62. The first-order chi connectivity index (χ1) is 14.7. The van der Waals surface area contributed by atoms with Gasteiger partial charge >= 0.3 is 5.97 Å². The summed E-state index contributed by atoms with van der Waals surface area (Å²) in [7, 11) is 4.09. The molecule has 8 heteroatoms. The minimum absolute atomic E-state index is 0.0638. The van der Waals surface area contributed by atoms with E-state index < -0.39 is 17.2 Å². The molecule has 7 nitrogen and oxygen atoms in total. The molecular formula is C23H30FN3O4. The van der Waals surface area contributed by atoms with E-state index in [4.69, 9.17) is 4.74 Å². The molecule has 2 fully saturated rings. The lowest BCUT2D eigenvalue weighted by molar-refractivity contribution is 0.0694. The molecule has 2 aliphatic rings. The maximum absolute atomic E-state index is 15.5. The number of carboxylic acid groups (broad SMARTS) is 1. The van der Waals surface area contributed by atoms with Gasteiger partial charge in [-0.25, -0.2) is 9.18 Å². The summed E-state index contributed by atoms with van der Waals surface area (Å²) in [5.41, 5.74) is -0.138. The molecule has 0 bridgehead atoms. The van der Waals surface area contributed by atoms with Gasteiger partial charge in [-0.05, 0) is 59.2 Å². The van der Waals surface area contributed by atoms with Crippen LogP contribution >= 0.6 is 0 Å². The summed E-state index contributed by atoms with van der Waals surface area (Å²) in [6.07, 6.45) is 4.12. The Morgan fingerprint density at radius 1 is 1.35 bits per heavy atom. The van der Waals surface area contributed by atoms with Crippen LogP contribution in [0.4, 0.5) is 10.1 Å². The van der Waals surface area contributed by atoms with E-state index in [2.05, 4.69) is 11.8 Å². The van der Waals surface area contributed by atoms with Gasteiger partial charge in [0.2, 0.25) is 5.43 Å². The van der Waals surface area contributed by atoms with Crippen LogP contribution in [0.25, 0.3) is 10.9 Å². The van der Waals surface area contributed by atoms with E-state index >= 15 is 4.39 Å². The van der Waals surface area contributed by atoms with E-state index in [1.807, 2.05) is 30.5 Å². The van der Waals surface area contributed by atoms with Crippen molar-refractivity contribution in [2.75, 3.05) is 38.7 Å². The Morgan fingerprint density at radius 2 is 2.06 bits per heavy atom. The summed E-state index contributed by atoms with van der Waals surface area (Å²) in [6.45, 7) is 5.71. The first kappa shape index (κ1) is 21.6. The van der Waals surface area contributed by atoms with Gasteiger partial charge in [0.05, 0.1) is 17.5 Å². The van der Waals surface area contributed by atoms with Gasteiger partial charge < -0.3 is 24.2 Å². The zero-order valence-electron chi connectivity index (χ0n) is 18.5. The number of aromatic carboxylic acids is 1. The smallest absolute Gasteiger partial charge is 0.341 e. The van der Waals surface area contributed by atoms with Gasteiger partial charge in [0.25, 0.3) is 0 Å². The fraction of sp³-hybridized carbons (Fsp3) is 0.565. The van der Waals surface area contributed by atoms with E-state index in [-0.39, 0.29) is 17.0 Å². The third-order valence-electron chi connectivity index (χ3n) is 6.70. The number of rotatable bonds is 7. The normalized spacial score (nSPS) is 19.9. The highest BCUT2D eigenvalue weighted by molar-refractivity contribution is 5.97. The van der Waals surface area contributed by atoms with Crippen molar-refractivity contribution >= 4 is 22.6 Å². The third kappa shape index (κ3) is 3.78. The van der Waals surface area contributed by atoms with Crippen molar-refractivity contribution in [3.63, 3.8) is 0 Å². The third-order valence-corrected chi connectivity index (χ3v) is 6.70. The summed E-state index contributed by atoms with van der Waals surface area (Å²) in [5, 5.41) is 9.56. The van der Waals surface area contributed by atoms with Crippen LogP contribution in [0.5, 0.6) is 5.75 Å². The average Bonchev–Trinajstić information content (AvgIpc) is 3.45. The predicted molar refractivity (Wildman–Crippen MR) is 118 cm³/mol. The van der Waals surface area contributed by atoms with Crippen LogP contribution in [0, 0.1) is 11.7 Å². The molecule has 0 radical (unpaired) electrons. The van der Waals surface area contributed by atoms with Crippen molar-refractivity contribution in [1.82, 2.24) is 9.47 Å². The highest BCUT2D eigenvalue weighted by Gasteiger charge is 2.34. The van der Waals surface area contributed by atoms with Gasteiger partial charge in [0.15, 0.2) is 11.6 Å². The van der Waals surface area contributed by atoms with Crippen LogP contribution in [0.3, 0.4) is 0 Å². The van der Waals surface area contributed by atoms with Crippen molar-refractivity contribution in [3.05, 3.63) is 33.9 Å². The Labute approximate surface area is 181 Å². The van der Waals surface area contributed by atoms with Gasteiger partial charge in [-0.2, -0.15) is 0 Å². The number of carboxylic acids is 1. The Morgan fingerprint density at radius 3 is 2.65 bits per heavy atom. The van der Waals surface area contributed by atoms with Crippen molar-refractivity contribution in [3.8, 4) is 5.75 Å². The number of hydrogen-bond donors (Lipinski definition) is 1. The van der Waals surface area contributed by atoms with Crippen LogP contribution in [0.1, 0.15) is 49.5 Å². The lowest BCUT2D eigenvalue weighted by atomic mass is 10.00. The molecule has 168 valence electrons. The van der Waals surface area contributed by atoms with Crippen molar-refractivity contribution in [1.29, 1.82) is 0 Å². The van der Waals surface area contributed by atoms with E-state index in [0.29, 0.717) is 48.6 Å². The number of aromatic nitrogens is 1. The van der Waals surface area contributed by atoms with Crippen LogP contribution in [0.15, 0.2) is 17.1 Å². The van der Waals surface area contributed by atoms with Crippen molar-refractivity contribution in [2.45, 2.75) is 45.2 Å². The number of fused-ring (bicyclic) bond motifs is 1. The van der Waals surface area contributed by atoms with Gasteiger partial charge in [0, 0.05) is 31.4 Å². The van der Waals surface area contributed by atoms with Crippen molar-refractivity contribution in [2.24, 2.45) is 5.92 Å². The molecule has 1 aromatic carbocycles. The summed E-state index contributed by atoms with van der Waals surface area (Å²) in [4.78, 5) is 28.7. The second kappa shape index (κ2) is 8.15. The molecule has 1 saturated carbocycles. The van der Waals surface area contributed by atoms with E-state index in [1.165, 1.54) is 12.3 Å². The minimum atomic E-state index is -1.30. The monoisotopic (exact) mass is 431 g/mol. The molecule has 1 N–H and O–H groups in total. The first-order valence-corrected chi connectivity index (χ1v) is 10.9. The molecule has 0 unspecified atom stereocenters. The van der Waals surface area contributed by atoms with Crippen LogP contribution in [0.2, 0.25) is 0 Å². The molecule has 0 spiro atoms. The number of anilines is 1. The lowest BCUT2D eigenvalue weighted by Crippen LogP contribution is -2.34. The number of nitrogens with zero attached hydrogens (tertiary/aromatic N) is 3. The van der Waals surface area contributed by atoms with Gasteiger partial charge in [-0.1, -0.05) is 0 Å². The van der Waals surface area contributed by atoms with Crippen LogP contribution < -0.4 is 15.1 Å². The standard InChI is InChI=1S/C23H30FN3O4/c1-5-31-22-19-16(21(28)17(23(29)30)12-27(19)15-6-7-15)10-18(24)20(22)26-9-8-14(11-26)13(2)25(3)4/h10,12-15H,5-9,11H2,1-4H3,(H,29,30)/t13-,14+/m0/s1. The quantitative estimate of drug-likeness (QED) is 0.725. The van der Waals surface area contributed by atoms with E-state index in [9.17, 15) is 14.7 Å². The maximum Gasteiger partial charge on any atom is 0.341 e. The highest BCUT2D eigenvalue weighted by Crippen LogP contribution is 2.45. The molecule has 1 aliphatic carbocycles. The summed E-state index contributed by atoms with van der Waals surface area (Å²) in [6, 6.07) is 1.65. The predicted octanol–water partition coefficient (Wildman–Crippen LogP) is 3.35. The molecule has 1 saturated heterocycles. The van der Waals surface area contributed by atoms with Crippen molar-refractivity contribution < 1.29 is 19.0 Å². The SMILES string of the molecule is CCOc1c(N2CC[C@@H]([C@H](C)N(C)C)C2)c(F)cc2c(=O)c(C(=O)O)cn(C3CC3)c12. The number of ether oxygens (including phenoxy) is 1. The average molecular weight is 432 g/mol. The Kier molecular flexibility index (Phi) is 5.68. The molecule has 0 amide bonds. The lowest BCUT2D eigenvalue weighted by Gasteiger charge is -2.28. The number of carbonyl (C=O) groups is 1. The van der Waals surface area contributed by atoms with Crippen LogP contribution in [-0.4, -0.2) is 60.4 Å². The van der Waals surface area contributed by atoms with E-state index in [0.717, 1.165) is 19.3 Å². The molecule has 2 heterocycles. The van der Waals surface area contributed by atoms with E-state index in [1.54, 1.807) is 0 Å². The second-order valence-corrected chi connectivity index (χ2v) is 8.88. The largest absolute Gasteiger partial charge is 0.489 e. The number of benzene rings is 1. The van der Waals surface area contributed by atoms with Gasteiger partial charge in [-0.3, -0.25) is 4.79 Å². The molecule has 2 aromatic rings. The molecular weight excluding hydrogens is 401 g/mol. The highest BCUT2D eigenvalue weighted by atomic mass is 19.1. The first-order valence-electron chi connectivity index (χ1n) is 10.9. The number of pyridine rings is 1. The zero-order chi connectivity index (χ0) is 22.4.